The molecule has 1 heterocycles. The molecule has 1 aliphatic heterocycles. The van der Waals surface area contributed by atoms with Crippen LogP contribution in [0.5, 0.6) is 5.75 Å². The maximum absolute atomic E-state index is 6.15. The van der Waals surface area contributed by atoms with E-state index in [4.69, 9.17) is 14.0 Å². The Morgan fingerprint density at radius 1 is 1.00 bits per heavy atom. The molecular weight excluding hydrogens is 275 g/mol. The molecule has 22 heavy (non-hydrogen) atoms. The van der Waals surface area contributed by atoms with Crippen LogP contribution >= 0.6 is 0 Å². The van der Waals surface area contributed by atoms with Crippen LogP contribution in [0.15, 0.2) is 18.2 Å². The predicted octanol–water partition coefficient (Wildman–Crippen LogP) is 3.62. The van der Waals surface area contributed by atoms with Crippen molar-refractivity contribution in [2.45, 2.75) is 77.6 Å². The zero-order chi connectivity index (χ0) is 16.0. The highest BCUT2D eigenvalue weighted by atomic mass is 16.7. The van der Waals surface area contributed by atoms with Gasteiger partial charge in [0.15, 0.2) is 0 Å². The van der Waals surface area contributed by atoms with Crippen LogP contribution in [-0.4, -0.2) is 24.4 Å². The largest absolute Gasteiger partial charge is 0.494 e. The molecule has 0 spiro atoms. The van der Waals surface area contributed by atoms with E-state index in [9.17, 15) is 0 Å². The molecular formula is C18H27BO3. The number of benzene rings is 1. The minimum atomic E-state index is -0.323. The average Bonchev–Trinajstić information content (AvgIpc) is 2.96. The second-order valence-electron chi connectivity index (χ2n) is 7.69. The molecule has 0 unspecified atom stereocenters. The third kappa shape index (κ3) is 3.04. The smallest absolute Gasteiger partial charge is 0.490 e. The molecule has 3 rings (SSSR count). The molecule has 0 aromatic heterocycles. The summed E-state index contributed by atoms with van der Waals surface area (Å²) in [5.74, 6) is 0.941. The van der Waals surface area contributed by atoms with Gasteiger partial charge < -0.3 is 14.0 Å². The van der Waals surface area contributed by atoms with E-state index < -0.39 is 0 Å². The van der Waals surface area contributed by atoms with Gasteiger partial charge in [-0.05, 0) is 83.5 Å². The van der Waals surface area contributed by atoms with Gasteiger partial charge in [0.25, 0.3) is 0 Å². The molecule has 0 bridgehead atoms. The number of hydrogen-bond acceptors (Lipinski definition) is 3. The molecule has 0 amide bonds. The summed E-state index contributed by atoms with van der Waals surface area (Å²) in [5.41, 5.74) is 1.61. The van der Waals surface area contributed by atoms with Gasteiger partial charge in [-0.25, -0.2) is 0 Å². The van der Waals surface area contributed by atoms with E-state index in [1.54, 1.807) is 0 Å². The zero-order valence-corrected chi connectivity index (χ0v) is 14.4. The van der Waals surface area contributed by atoms with Crippen LogP contribution in [-0.2, 0) is 9.31 Å². The predicted molar refractivity (Wildman–Crippen MR) is 89.8 cm³/mol. The van der Waals surface area contributed by atoms with Gasteiger partial charge in [0.05, 0.1) is 17.3 Å². The van der Waals surface area contributed by atoms with Crippen molar-refractivity contribution >= 4 is 12.6 Å². The third-order valence-electron chi connectivity index (χ3n) is 5.20. The minimum Gasteiger partial charge on any atom is -0.490 e. The van der Waals surface area contributed by atoms with Gasteiger partial charge in [0.1, 0.15) is 5.75 Å². The Kier molecular flexibility index (Phi) is 4.02. The SMILES string of the molecule is Cc1cc(OC2CCCC2)cc(B2OC(C)(C)C(C)(C)O2)c1. The van der Waals surface area contributed by atoms with Gasteiger partial charge >= 0.3 is 7.12 Å². The van der Waals surface area contributed by atoms with Crippen molar-refractivity contribution in [3.05, 3.63) is 23.8 Å². The lowest BCUT2D eigenvalue weighted by Crippen LogP contribution is -2.41. The fourth-order valence-electron chi connectivity index (χ4n) is 3.16. The van der Waals surface area contributed by atoms with Crippen LogP contribution in [0.1, 0.15) is 58.9 Å². The molecule has 3 nitrogen and oxygen atoms in total. The molecule has 120 valence electrons. The highest BCUT2D eigenvalue weighted by molar-refractivity contribution is 6.62. The van der Waals surface area contributed by atoms with Crippen molar-refractivity contribution in [3.63, 3.8) is 0 Å². The van der Waals surface area contributed by atoms with Crippen molar-refractivity contribution in [1.82, 2.24) is 0 Å². The van der Waals surface area contributed by atoms with E-state index in [0.29, 0.717) is 6.10 Å². The third-order valence-corrected chi connectivity index (χ3v) is 5.20. The Morgan fingerprint density at radius 2 is 1.59 bits per heavy atom. The Labute approximate surface area is 134 Å². The maximum atomic E-state index is 6.15. The molecule has 1 saturated heterocycles. The first kappa shape index (κ1) is 15.9. The van der Waals surface area contributed by atoms with E-state index in [-0.39, 0.29) is 18.3 Å². The Balaban J connectivity index is 1.81. The fourth-order valence-corrected chi connectivity index (χ4v) is 3.16. The molecule has 2 aliphatic rings. The summed E-state index contributed by atoms with van der Waals surface area (Å²) >= 11 is 0. The quantitative estimate of drug-likeness (QED) is 0.798. The van der Waals surface area contributed by atoms with Gasteiger partial charge in [-0.1, -0.05) is 6.07 Å². The molecule has 2 fully saturated rings. The second kappa shape index (κ2) is 5.57. The normalized spacial score (nSPS) is 24.0. The molecule has 1 aromatic carbocycles. The van der Waals surface area contributed by atoms with Gasteiger partial charge in [-0.3, -0.25) is 0 Å². The lowest BCUT2D eigenvalue weighted by Gasteiger charge is -2.32. The molecule has 0 radical (unpaired) electrons. The maximum Gasteiger partial charge on any atom is 0.494 e. The molecule has 0 N–H and O–H groups in total. The minimum absolute atomic E-state index is 0.312. The number of rotatable bonds is 3. The lowest BCUT2D eigenvalue weighted by atomic mass is 9.78. The molecule has 1 saturated carbocycles. The van der Waals surface area contributed by atoms with Gasteiger partial charge in [-0.15, -0.1) is 0 Å². The van der Waals surface area contributed by atoms with Crippen LogP contribution in [0.2, 0.25) is 0 Å². The Bertz CT molecular complexity index is 531. The van der Waals surface area contributed by atoms with Crippen LogP contribution in [0, 0.1) is 6.92 Å². The first-order chi connectivity index (χ1) is 10.3. The summed E-state index contributed by atoms with van der Waals surface area (Å²) in [6.07, 6.45) is 5.26. The van der Waals surface area contributed by atoms with E-state index in [0.717, 1.165) is 11.2 Å². The summed E-state index contributed by atoms with van der Waals surface area (Å²) in [7, 11) is -0.323. The summed E-state index contributed by atoms with van der Waals surface area (Å²) in [4.78, 5) is 0. The van der Waals surface area contributed by atoms with Crippen LogP contribution in [0.25, 0.3) is 0 Å². The number of ether oxygens (including phenoxy) is 1. The molecule has 1 aromatic rings. The Hall–Kier alpha value is -0.995. The van der Waals surface area contributed by atoms with Crippen molar-refractivity contribution in [2.24, 2.45) is 0 Å². The highest BCUT2D eigenvalue weighted by Gasteiger charge is 2.51. The van der Waals surface area contributed by atoms with Gasteiger partial charge in [0.2, 0.25) is 0 Å². The first-order valence-electron chi connectivity index (χ1n) is 8.41. The van der Waals surface area contributed by atoms with Gasteiger partial charge in [0, 0.05) is 0 Å². The molecule has 4 heteroatoms. The van der Waals surface area contributed by atoms with Crippen molar-refractivity contribution in [3.8, 4) is 5.75 Å². The lowest BCUT2D eigenvalue weighted by molar-refractivity contribution is 0.00578. The average molecular weight is 302 g/mol. The monoisotopic (exact) mass is 302 g/mol. The van der Waals surface area contributed by atoms with Crippen molar-refractivity contribution < 1.29 is 14.0 Å². The van der Waals surface area contributed by atoms with E-state index in [2.05, 4.69) is 52.8 Å². The molecule has 0 atom stereocenters. The van der Waals surface area contributed by atoms with Gasteiger partial charge in [-0.2, -0.15) is 0 Å². The first-order valence-corrected chi connectivity index (χ1v) is 8.41. The van der Waals surface area contributed by atoms with E-state index in [1.807, 2.05) is 0 Å². The van der Waals surface area contributed by atoms with E-state index >= 15 is 0 Å². The summed E-state index contributed by atoms with van der Waals surface area (Å²) < 4.78 is 18.5. The van der Waals surface area contributed by atoms with Crippen LogP contribution in [0.3, 0.4) is 0 Å². The zero-order valence-electron chi connectivity index (χ0n) is 14.4. The fraction of sp³-hybridized carbons (Fsp3) is 0.667. The van der Waals surface area contributed by atoms with Crippen LogP contribution in [0.4, 0.5) is 0 Å². The number of hydrogen-bond donors (Lipinski definition) is 0. The van der Waals surface area contributed by atoms with Crippen LogP contribution < -0.4 is 10.2 Å². The summed E-state index contributed by atoms with van der Waals surface area (Å²) in [5, 5.41) is 0. The summed E-state index contributed by atoms with van der Waals surface area (Å²) in [6.45, 7) is 10.4. The second-order valence-corrected chi connectivity index (χ2v) is 7.69. The van der Waals surface area contributed by atoms with E-state index in [1.165, 1.54) is 31.2 Å². The standard InChI is InChI=1S/C18H27BO3/c1-13-10-14(19-21-17(2,3)18(4,5)22-19)12-16(11-13)20-15-8-6-7-9-15/h10-12,15H,6-9H2,1-5H3. The highest BCUT2D eigenvalue weighted by Crippen LogP contribution is 2.36. The van der Waals surface area contributed by atoms with Crippen molar-refractivity contribution in [2.75, 3.05) is 0 Å². The molecule has 1 aliphatic carbocycles. The Morgan fingerprint density at radius 3 is 2.18 bits per heavy atom. The van der Waals surface area contributed by atoms with Crippen molar-refractivity contribution in [1.29, 1.82) is 0 Å². The number of aryl methyl sites for hydroxylation is 1. The topological polar surface area (TPSA) is 27.7 Å². The summed E-state index contributed by atoms with van der Waals surface area (Å²) in [6, 6.07) is 6.31.